The Hall–Kier alpha value is 0.400. The van der Waals surface area contributed by atoms with E-state index in [1.807, 2.05) is 0 Å². The maximum atomic E-state index is 5.70. The Morgan fingerprint density at radius 3 is 2.86 bits per heavy atom. The fourth-order valence-electron chi connectivity index (χ4n) is 1.75. The quantitative estimate of drug-likeness (QED) is 0.723. The number of rotatable bonds is 4. The third-order valence-electron chi connectivity index (χ3n) is 3.05. The summed E-state index contributed by atoms with van der Waals surface area (Å²) in [5.41, 5.74) is 0. The van der Waals surface area contributed by atoms with Crippen LogP contribution in [-0.4, -0.2) is 42.1 Å². The number of halogens is 1. The molecule has 3 atom stereocenters. The van der Waals surface area contributed by atoms with Crippen LogP contribution in [0.5, 0.6) is 0 Å². The second kappa shape index (κ2) is 6.09. The van der Waals surface area contributed by atoms with Crippen LogP contribution in [0.2, 0.25) is 0 Å². The van der Waals surface area contributed by atoms with Crippen molar-refractivity contribution in [2.24, 2.45) is 5.92 Å². The van der Waals surface area contributed by atoms with Crippen LogP contribution in [0.4, 0.5) is 0 Å². The van der Waals surface area contributed by atoms with Gasteiger partial charge in [0.2, 0.25) is 0 Å². The van der Waals surface area contributed by atoms with Crippen molar-refractivity contribution in [2.75, 3.05) is 25.0 Å². The molecule has 1 rings (SSSR count). The molecule has 0 aromatic heterocycles. The van der Waals surface area contributed by atoms with Gasteiger partial charge in [0.15, 0.2) is 0 Å². The van der Waals surface area contributed by atoms with Gasteiger partial charge in [0, 0.05) is 24.5 Å². The molecule has 3 heteroatoms. The number of hydrogen-bond acceptors (Lipinski definition) is 2. The first-order valence-electron chi connectivity index (χ1n) is 5.59. The summed E-state index contributed by atoms with van der Waals surface area (Å²) in [6.07, 6.45) is 1.65. The van der Waals surface area contributed by atoms with Gasteiger partial charge in [0.1, 0.15) is 0 Å². The Morgan fingerprint density at radius 1 is 1.57 bits per heavy atom. The second-order valence-corrected chi connectivity index (χ2v) is 5.07. The van der Waals surface area contributed by atoms with Crippen LogP contribution in [0.25, 0.3) is 0 Å². The Kier molecular flexibility index (Phi) is 5.42. The van der Waals surface area contributed by atoms with Crippen LogP contribution in [-0.2, 0) is 4.74 Å². The highest BCUT2D eigenvalue weighted by atomic mass is 79.9. The predicted molar refractivity (Wildman–Crippen MR) is 64.0 cm³/mol. The topological polar surface area (TPSA) is 12.5 Å². The van der Waals surface area contributed by atoms with E-state index in [-0.39, 0.29) is 0 Å². The van der Waals surface area contributed by atoms with E-state index < -0.39 is 0 Å². The predicted octanol–water partition coefficient (Wildman–Crippen LogP) is 2.52. The minimum atomic E-state index is 0.384. The van der Waals surface area contributed by atoms with Crippen molar-refractivity contribution in [3.05, 3.63) is 0 Å². The summed E-state index contributed by atoms with van der Waals surface area (Å²) in [5.74, 6) is 0.798. The Bertz CT molecular complexity index is 163. The highest BCUT2D eigenvalue weighted by Gasteiger charge is 2.25. The van der Waals surface area contributed by atoms with E-state index in [0.717, 1.165) is 24.4 Å². The fraction of sp³-hybridized carbons (Fsp3) is 1.00. The molecular formula is C11H22BrNO. The number of alkyl halides is 1. The van der Waals surface area contributed by atoms with Crippen molar-refractivity contribution >= 4 is 15.9 Å². The molecular weight excluding hydrogens is 242 g/mol. The summed E-state index contributed by atoms with van der Waals surface area (Å²) in [7, 11) is 0. The van der Waals surface area contributed by atoms with E-state index in [1.54, 1.807) is 0 Å². The van der Waals surface area contributed by atoms with Crippen LogP contribution >= 0.6 is 15.9 Å². The molecule has 84 valence electrons. The number of nitrogens with zero attached hydrogens (tertiary/aromatic N) is 1. The van der Waals surface area contributed by atoms with E-state index in [4.69, 9.17) is 4.74 Å². The lowest BCUT2D eigenvalue weighted by Crippen LogP contribution is -2.50. The van der Waals surface area contributed by atoms with E-state index in [2.05, 4.69) is 41.6 Å². The molecule has 2 nitrogen and oxygen atoms in total. The largest absolute Gasteiger partial charge is 0.374 e. The van der Waals surface area contributed by atoms with Crippen molar-refractivity contribution in [1.82, 2.24) is 4.90 Å². The number of ether oxygens (including phenoxy) is 1. The normalized spacial score (nSPS) is 31.7. The molecule has 1 aliphatic heterocycles. The molecule has 14 heavy (non-hydrogen) atoms. The molecule has 0 radical (unpaired) electrons. The van der Waals surface area contributed by atoms with E-state index in [9.17, 15) is 0 Å². The lowest BCUT2D eigenvalue weighted by Gasteiger charge is -2.38. The molecule has 0 spiro atoms. The van der Waals surface area contributed by atoms with Gasteiger partial charge in [-0.15, -0.1) is 0 Å². The third-order valence-corrected chi connectivity index (χ3v) is 3.77. The molecule has 3 unspecified atom stereocenters. The van der Waals surface area contributed by atoms with Crippen LogP contribution in [0.15, 0.2) is 0 Å². The van der Waals surface area contributed by atoms with Gasteiger partial charge in [-0.05, 0) is 12.8 Å². The molecule has 1 aliphatic rings. The van der Waals surface area contributed by atoms with Crippen LogP contribution < -0.4 is 0 Å². The molecule has 0 N–H and O–H groups in total. The van der Waals surface area contributed by atoms with Crippen molar-refractivity contribution < 1.29 is 4.74 Å². The lowest BCUT2D eigenvalue weighted by molar-refractivity contribution is -0.0509. The van der Waals surface area contributed by atoms with Crippen LogP contribution in [0, 0.1) is 5.92 Å². The van der Waals surface area contributed by atoms with Crippen molar-refractivity contribution in [3.63, 3.8) is 0 Å². The van der Waals surface area contributed by atoms with Gasteiger partial charge in [0.25, 0.3) is 0 Å². The molecule has 0 aromatic rings. The van der Waals surface area contributed by atoms with Crippen molar-refractivity contribution in [3.8, 4) is 0 Å². The van der Waals surface area contributed by atoms with E-state index >= 15 is 0 Å². The van der Waals surface area contributed by atoms with Gasteiger partial charge in [-0.2, -0.15) is 0 Å². The summed E-state index contributed by atoms with van der Waals surface area (Å²) < 4.78 is 5.70. The highest BCUT2D eigenvalue weighted by molar-refractivity contribution is 9.09. The standard InChI is InChI=1S/C11H22BrNO/c1-4-9(2)6-13-7-11(5-12)14-8-10(13)3/h9-11H,4-8H2,1-3H3. The smallest absolute Gasteiger partial charge is 0.0799 e. The van der Waals surface area contributed by atoms with Gasteiger partial charge in [-0.1, -0.05) is 36.2 Å². The van der Waals surface area contributed by atoms with E-state index in [0.29, 0.717) is 12.1 Å². The summed E-state index contributed by atoms with van der Waals surface area (Å²) in [6.45, 7) is 10.0. The van der Waals surface area contributed by atoms with Crippen molar-refractivity contribution in [1.29, 1.82) is 0 Å². The summed E-state index contributed by atoms with van der Waals surface area (Å²) >= 11 is 3.49. The number of morpholine rings is 1. The maximum Gasteiger partial charge on any atom is 0.0799 e. The average Bonchev–Trinajstić information content (AvgIpc) is 2.21. The van der Waals surface area contributed by atoms with E-state index in [1.165, 1.54) is 13.0 Å². The Labute approximate surface area is 96.1 Å². The molecule has 1 fully saturated rings. The maximum absolute atomic E-state index is 5.70. The first-order chi connectivity index (χ1) is 6.67. The highest BCUT2D eigenvalue weighted by Crippen LogP contribution is 2.16. The summed E-state index contributed by atoms with van der Waals surface area (Å²) in [5, 5.41) is 0.955. The van der Waals surface area contributed by atoms with Crippen LogP contribution in [0.1, 0.15) is 27.2 Å². The minimum absolute atomic E-state index is 0.384. The van der Waals surface area contributed by atoms with Crippen LogP contribution in [0.3, 0.4) is 0 Å². The first-order valence-corrected chi connectivity index (χ1v) is 6.71. The molecule has 0 saturated carbocycles. The van der Waals surface area contributed by atoms with Gasteiger partial charge >= 0.3 is 0 Å². The molecule has 0 aliphatic carbocycles. The van der Waals surface area contributed by atoms with Gasteiger partial charge < -0.3 is 4.74 Å². The zero-order valence-electron chi connectivity index (χ0n) is 9.50. The molecule has 0 aromatic carbocycles. The van der Waals surface area contributed by atoms with Crippen molar-refractivity contribution in [2.45, 2.75) is 39.3 Å². The zero-order valence-corrected chi connectivity index (χ0v) is 11.1. The summed E-state index contributed by atoms with van der Waals surface area (Å²) in [4.78, 5) is 2.56. The van der Waals surface area contributed by atoms with Gasteiger partial charge in [-0.25, -0.2) is 0 Å². The zero-order chi connectivity index (χ0) is 10.6. The Morgan fingerprint density at radius 2 is 2.29 bits per heavy atom. The Balaban J connectivity index is 2.40. The fourth-order valence-corrected chi connectivity index (χ4v) is 2.14. The molecule has 1 heterocycles. The number of hydrogen-bond donors (Lipinski definition) is 0. The molecule has 0 amide bonds. The minimum Gasteiger partial charge on any atom is -0.374 e. The monoisotopic (exact) mass is 263 g/mol. The molecule has 1 saturated heterocycles. The third kappa shape index (κ3) is 3.52. The molecule has 0 bridgehead atoms. The average molecular weight is 264 g/mol. The lowest BCUT2D eigenvalue weighted by atomic mass is 10.1. The van der Waals surface area contributed by atoms with Gasteiger partial charge in [-0.3, -0.25) is 4.90 Å². The second-order valence-electron chi connectivity index (χ2n) is 4.43. The first kappa shape index (κ1) is 12.5. The SMILES string of the molecule is CCC(C)CN1CC(CBr)OCC1C. The summed E-state index contributed by atoms with van der Waals surface area (Å²) in [6, 6.07) is 0.583. The van der Waals surface area contributed by atoms with Gasteiger partial charge in [0.05, 0.1) is 12.7 Å².